The van der Waals surface area contributed by atoms with Crippen molar-refractivity contribution in [1.29, 1.82) is 0 Å². The quantitative estimate of drug-likeness (QED) is 0.341. The summed E-state index contributed by atoms with van der Waals surface area (Å²) in [6.07, 6.45) is 0.264. The van der Waals surface area contributed by atoms with Crippen molar-refractivity contribution in [1.82, 2.24) is 0 Å². The molecular formula is C19H28O8. The van der Waals surface area contributed by atoms with Gasteiger partial charge in [-0.1, -0.05) is 6.92 Å². The van der Waals surface area contributed by atoms with Crippen LogP contribution in [0.3, 0.4) is 0 Å². The maximum atomic E-state index is 11.3. The van der Waals surface area contributed by atoms with Crippen LogP contribution in [0.25, 0.3) is 0 Å². The predicted molar refractivity (Wildman–Crippen MR) is 97.0 cm³/mol. The van der Waals surface area contributed by atoms with E-state index in [1.54, 1.807) is 0 Å². The first-order valence-electron chi connectivity index (χ1n) is 8.94. The molecule has 1 aromatic rings. The highest BCUT2D eigenvalue weighted by Crippen LogP contribution is 2.19. The van der Waals surface area contributed by atoms with Crippen LogP contribution in [0.2, 0.25) is 0 Å². The Hall–Kier alpha value is -2.00. The van der Waals surface area contributed by atoms with E-state index in [0.717, 1.165) is 0 Å². The Morgan fingerprint density at radius 1 is 1.11 bits per heavy atom. The molecule has 0 saturated carbocycles. The van der Waals surface area contributed by atoms with Crippen LogP contribution in [0, 0.1) is 5.92 Å². The topological polar surface area (TPSA) is 145 Å². The third-order valence-corrected chi connectivity index (χ3v) is 4.45. The van der Waals surface area contributed by atoms with Crippen molar-refractivity contribution in [3.05, 3.63) is 34.9 Å². The third-order valence-electron chi connectivity index (χ3n) is 4.45. The number of carboxylic acid groups (broad SMARTS) is 2. The van der Waals surface area contributed by atoms with Crippen molar-refractivity contribution in [3.63, 3.8) is 0 Å². The van der Waals surface area contributed by atoms with E-state index in [9.17, 15) is 24.9 Å². The molecule has 0 bridgehead atoms. The number of aliphatic hydroxyl groups is 3. The number of carboxylic acids is 2. The number of aromatic carboxylic acids is 2. The van der Waals surface area contributed by atoms with Crippen molar-refractivity contribution in [2.75, 3.05) is 19.8 Å². The van der Waals surface area contributed by atoms with Crippen LogP contribution in [0.15, 0.2) is 18.2 Å². The lowest BCUT2D eigenvalue weighted by Gasteiger charge is -2.22. The molecule has 0 radical (unpaired) electrons. The highest BCUT2D eigenvalue weighted by Gasteiger charge is 2.19. The van der Waals surface area contributed by atoms with E-state index in [1.807, 2.05) is 6.92 Å². The van der Waals surface area contributed by atoms with E-state index in [4.69, 9.17) is 14.9 Å². The number of aliphatic hydroxyl groups excluding tert-OH is 3. The van der Waals surface area contributed by atoms with Gasteiger partial charge in [-0.2, -0.15) is 0 Å². The van der Waals surface area contributed by atoms with Crippen molar-refractivity contribution in [2.45, 2.75) is 44.8 Å². The van der Waals surface area contributed by atoms with E-state index >= 15 is 0 Å². The molecule has 0 aliphatic carbocycles. The molecule has 0 amide bonds. The first-order valence-corrected chi connectivity index (χ1v) is 8.94. The lowest BCUT2D eigenvalue weighted by Crippen LogP contribution is -2.27. The molecule has 8 nitrogen and oxygen atoms in total. The lowest BCUT2D eigenvalue weighted by molar-refractivity contribution is -0.0271. The average Bonchev–Trinajstić information content (AvgIpc) is 2.64. The smallest absolute Gasteiger partial charge is 0.335 e. The maximum absolute atomic E-state index is 11.3. The molecule has 0 spiro atoms. The fourth-order valence-electron chi connectivity index (χ4n) is 2.79. The van der Waals surface area contributed by atoms with Crippen LogP contribution in [-0.4, -0.2) is 69.5 Å². The summed E-state index contributed by atoms with van der Waals surface area (Å²) in [5.74, 6) is -2.40. The molecule has 0 fully saturated rings. The fraction of sp³-hybridized carbons (Fsp3) is 0.579. The van der Waals surface area contributed by atoms with E-state index in [2.05, 4.69) is 0 Å². The van der Waals surface area contributed by atoms with Crippen LogP contribution in [0.5, 0.6) is 0 Å². The molecule has 3 atom stereocenters. The second-order valence-corrected chi connectivity index (χ2v) is 6.48. The van der Waals surface area contributed by atoms with E-state index in [-0.39, 0.29) is 36.9 Å². The van der Waals surface area contributed by atoms with E-state index < -0.39 is 24.1 Å². The van der Waals surface area contributed by atoms with Crippen molar-refractivity contribution >= 4 is 11.9 Å². The minimum Gasteiger partial charge on any atom is -0.478 e. The molecule has 152 valence electrons. The molecule has 27 heavy (non-hydrogen) atoms. The number of carbonyl (C=O) groups is 2. The van der Waals surface area contributed by atoms with Crippen molar-refractivity contribution in [2.24, 2.45) is 5.92 Å². The maximum Gasteiger partial charge on any atom is 0.335 e. The summed E-state index contributed by atoms with van der Waals surface area (Å²) in [4.78, 5) is 22.4. The molecule has 0 saturated heterocycles. The fourth-order valence-corrected chi connectivity index (χ4v) is 2.79. The number of aryl methyl sites for hydroxylation is 1. The van der Waals surface area contributed by atoms with Crippen LogP contribution >= 0.6 is 0 Å². The summed E-state index contributed by atoms with van der Waals surface area (Å²) in [7, 11) is 0. The van der Waals surface area contributed by atoms with Gasteiger partial charge in [0.25, 0.3) is 0 Å². The number of rotatable bonds is 13. The molecule has 0 heterocycles. The molecule has 3 unspecified atom stereocenters. The summed E-state index contributed by atoms with van der Waals surface area (Å²) in [5.41, 5.74) is 0.505. The Balaban J connectivity index is 2.60. The highest BCUT2D eigenvalue weighted by atomic mass is 16.5. The van der Waals surface area contributed by atoms with Gasteiger partial charge in [-0.15, -0.1) is 0 Å². The standard InChI is InChI=1S/C19H28O8/c1-2-12(10-27-11-15(21)9-20)17(22)5-3-4-13-8-14(18(23)24)6-7-16(13)19(25)26/h6-8,12,15,17,20-22H,2-5,9-11H2,1H3,(H,23,24)(H,25,26). The van der Waals surface area contributed by atoms with Gasteiger partial charge in [0.1, 0.15) is 6.10 Å². The van der Waals surface area contributed by atoms with Crippen LogP contribution in [0.4, 0.5) is 0 Å². The van der Waals surface area contributed by atoms with Crippen LogP contribution < -0.4 is 0 Å². The van der Waals surface area contributed by atoms with Gasteiger partial charge in [-0.05, 0) is 49.4 Å². The summed E-state index contributed by atoms with van der Waals surface area (Å²) >= 11 is 0. The molecule has 8 heteroatoms. The normalized spacial score (nSPS) is 14.5. The Morgan fingerprint density at radius 2 is 1.81 bits per heavy atom. The number of ether oxygens (including phenoxy) is 1. The zero-order chi connectivity index (χ0) is 20.4. The van der Waals surface area contributed by atoms with E-state index in [0.29, 0.717) is 31.2 Å². The summed E-state index contributed by atoms with van der Waals surface area (Å²) < 4.78 is 5.30. The van der Waals surface area contributed by atoms with Gasteiger partial charge in [0.05, 0.1) is 37.1 Å². The molecule has 1 rings (SSSR count). The first-order chi connectivity index (χ1) is 12.8. The zero-order valence-electron chi connectivity index (χ0n) is 15.4. The molecular weight excluding hydrogens is 356 g/mol. The first kappa shape index (κ1) is 23.0. The summed E-state index contributed by atoms with van der Waals surface area (Å²) in [6.45, 7) is 1.74. The van der Waals surface area contributed by atoms with Gasteiger partial charge in [0.15, 0.2) is 0 Å². The average molecular weight is 384 g/mol. The van der Waals surface area contributed by atoms with Gasteiger partial charge in [-0.3, -0.25) is 0 Å². The van der Waals surface area contributed by atoms with Gasteiger partial charge in [0, 0.05) is 5.92 Å². The SMILES string of the molecule is CCC(COCC(O)CO)C(O)CCCc1cc(C(=O)O)ccc1C(=O)O. The predicted octanol–water partition coefficient (Wildman–Crippen LogP) is 1.16. The van der Waals surface area contributed by atoms with Gasteiger partial charge < -0.3 is 30.3 Å². The number of hydrogen-bond donors (Lipinski definition) is 5. The van der Waals surface area contributed by atoms with Gasteiger partial charge in [-0.25, -0.2) is 9.59 Å². The molecule has 0 aliphatic rings. The Kier molecular flexibility index (Phi) is 9.95. The molecule has 5 N–H and O–H groups in total. The Morgan fingerprint density at radius 3 is 2.37 bits per heavy atom. The van der Waals surface area contributed by atoms with Crippen LogP contribution in [-0.2, 0) is 11.2 Å². The second-order valence-electron chi connectivity index (χ2n) is 6.48. The third kappa shape index (κ3) is 7.64. The monoisotopic (exact) mass is 384 g/mol. The Bertz CT molecular complexity index is 616. The molecule has 0 aromatic heterocycles. The lowest BCUT2D eigenvalue weighted by atomic mass is 9.93. The van der Waals surface area contributed by atoms with E-state index in [1.165, 1.54) is 18.2 Å². The molecule has 0 aliphatic heterocycles. The minimum absolute atomic E-state index is 0.0102. The van der Waals surface area contributed by atoms with Gasteiger partial charge >= 0.3 is 11.9 Å². The minimum atomic E-state index is -1.12. The number of benzene rings is 1. The van der Waals surface area contributed by atoms with Crippen LogP contribution in [0.1, 0.15) is 52.5 Å². The molecule has 1 aromatic carbocycles. The largest absolute Gasteiger partial charge is 0.478 e. The van der Waals surface area contributed by atoms with Crippen molar-refractivity contribution < 1.29 is 39.9 Å². The zero-order valence-corrected chi connectivity index (χ0v) is 15.4. The summed E-state index contributed by atoms with van der Waals surface area (Å²) in [6, 6.07) is 3.90. The highest BCUT2D eigenvalue weighted by molar-refractivity contribution is 5.93. The number of hydrogen-bond acceptors (Lipinski definition) is 6. The Labute approximate surface area is 158 Å². The summed E-state index contributed by atoms with van der Waals surface area (Å²) in [5, 5.41) is 46.6. The van der Waals surface area contributed by atoms with Gasteiger partial charge in [0.2, 0.25) is 0 Å². The second kappa shape index (κ2) is 11.7. The van der Waals surface area contributed by atoms with Crippen molar-refractivity contribution in [3.8, 4) is 0 Å².